The molecule has 0 saturated carbocycles. The first kappa shape index (κ1) is 24.0. The van der Waals surface area contributed by atoms with Crippen molar-refractivity contribution in [3.8, 4) is 5.75 Å². The van der Waals surface area contributed by atoms with Crippen LogP contribution >= 0.6 is 0 Å². The van der Waals surface area contributed by atoms with Crippen molar-refractivity contribution in [2.24, 2.45) is 13.0 Å². The summed E-state index contributed by atoms with van der Waals surface area (Å²) in [4.78, 5) is 31.3. The predicted octanol–water partition coefficient (Wildman–Crippen LogP) is 1.83. The van der Waals surface area contributed by atoms with Crippen LogP contribution in [-0.4, -0.2) is 60.4 Å². The Kier molecular flexibility index (Phi) is 5.83. The number of likely N-dealkylation sites (tertiary alicyclic amines) is 1. The molecule has 2 unspecified atom stereocenters. The van der Waals surface area contributed by atoms with Crippen molar-refractivity contribution in [2.45, 2.75) is 24.8 Å². The molecule has 0 radical (unpaired) electrons. The van der Waals surface area contributed by atoms with Crippen molar-refractivity contribution in [3.05, 3.63) is 59.3 Å². The number of carbonyl (C=O) groups excluding carboxylic acids is 2. The van der Waals surface area contributed by atoms with Crippen LogP contribution in [0.3, 0.4) is 0 Å². The molecule has 2 amide bonds. The minimum atomic E-state index is -4.08. The van der Waals surface area contributed by atoms with Crippen LogP contribution in [0.1, 0.15) is 32.4 Å². The van der Waals surface area contributed by atoms with Crippen molar-refractivity contribution in [1.82, 2.24) is 19.2 Å². The topological polar surface area (TPSA) is 136 Å². The van der Waals surface area contributed by atoms with Crippen LogP contribution in [0.5, 0.6) is 5.75 Å². The Morgan fingerprint density at radius 1 is 1.25 bits per heavy atom. The first-order valence-corrected chi connectivity index (χ1v) is 12.6. The molecule has 0 aliphatic carbocycles. The summed E-state index contributed by atoms with van der Waals surface area (Å²) in [5.41, 5.74) is 0.850. The number of nitrogens with zero attached hydrogens (tertiary/aromatic N) is 3. The number of amides is 2. The number of aryl methyl sites for hydroxylation is 3. The van der Waals surface area contributed by atoms with Gasteiger partial charge in [0.05, 0.1) is 6.61 Å². The predicted molar refractivity (Wildman–Crippen MR) is 125 cm³/mol. The van der Waals surface area contributed by atoms with E-state index in [4.69, 9.17) is 9.15 Å². The number of hydrogen-bond acceptors (Lipinski definition) is 7. The van der Waals surface area contributed by atoms with Gasteiger partial charge in [0.1, 0.15) is 17.0 Å². The van der Waals surface area contributed by atoms with Crippen LogP contribution in [0.2, 0.25) is 0 Å². The maximum atomic E-state index is 13.6. The van der Waals surface area contributed by atoms with Gasteiger partial charge in [-0.1, -0.05) is 0 Å². The van der Waals surface area contributed by atoms with E-state index in [0.717, 1.165) is 0 Å². The fraction of sp³-hybridized carbons (Fsp3) is 0.348. The van der Waals surface area contributed by atoms with E-state index >= 15 is 0 Å². The van der Waals surface area contributed by atoms with Gasteiger partial charge in [-0.15, -0.1) is 0 Å². The number of oxazole rings is 1. The van der Waals surface area contributed by atoms with Crippen molar-refractivity contribution in [3.63, 3.8) is 0 Å². The van der Waals surface area contributed by atoms with Crippen LogP contribution in [0.15, 0.2) is 40.0 Å². The number of halogens is 1. The molecule has 3 aromatic rings. The van der Waals surface area contributed by atoms with Crippen LogP contribution in [0.4, 0.5) is 10.1 Å². The maximum Gasteiger partial charge on any atom is 0.276 e. The van der Waals surface area contributed by atoms with Gasteiger partial charge in [0, 0.05) is 50.9 Å². The van der Waals surface area contributed by atoms with E-state index in [1.54, 1.807) is 13.8 Å². The van der Waals surface area contributed by atoms with Gasteiger partial charge in [0.2, 0.25) is 10.0 Å². The Morgan fingerprint density at radius 2 is 2.03 bits per heavy atom. The number of carbonyl (C=O) groups is 2. The lowest BCUT2D eigenvalue weighted by Gasteiger charge is -2.23. The van der Waals surface area contributed by atoms with E-state index in [9.17, 15) is 22.4 Å². The van der Waals surface area contributed by atoms with Crippen LogP contribution in [0, 0.1) is 25.6 Å². The summed E-state index contributed by atoms with van der Waals surface area (Å²) in [6.07, 6.45) is 2.57. The third-order valence-corrected chi connectivity index (χ3v) is 7.82. The smallest absolute Gasteiger partial charge is 0.276 e. The SMILES string of the molecule is Cc1nc(C(=O)N2CC3COc4c(cn(C)c4C(=O)Nc4ccc(F)c(C)c4)S(=O)(=O)NC3C2)co1. The van der Waals surface area contributed by atoms with Crippen molar-refractivity contribution < 1.29 is 31.6 Å². The lowest BCUT2D eigenvalue weighted by atomic mass is 10.1. The Labute approximate surface area is 206 Å². The number of sulfonamides is 1. The summed E-state index contributed by atoms with van der Waals surface area (Å²) >= 11 is 0. The summed E-state index contributed by atoms with van der Waals surface area (Å²) in [5, 5.41) is 2.66. The van der Waals surface area contributed by atoms with Gasteiger partial charge in [-0.25, -0.2) is 22.5 Å². The second kappa shape index (κ2) is 8.75. The molecule has 2 aromatic heterocycles. The largest absolute Gasteiger partial charge is 0.489 e. The molecular formula is C23H24FN5O6S. The number of fused-ring (bicyclic) bond motifs is 2. The molecule has 2 atom stereocenters. The number of hydrogen-bond donors (Lipinski definition) is 2. The zero-order chi connectivity index (χ0) is 25.8. The molecule has 2 aliphatic heterocycles. The molecule has 36 heavy (non-hydrogen) atoms. The van der Waals surface area contributed by atoms with Crippen molar-refractivity contribution in [1.29, 1.82) is 0 Å². The number of anilines is 1. The third-order valence-electron chi connectivity index (χ3n) is 6.34. The lowest BCUT2D eigenvalue weighted by molar-refractivity contribution is 0.0776. The maximum absolute atomic E-state index is 13.6. The summed E-state index contributed by atoms with van der Waals surface area (Å²) in [7, 11) is -2.55. The Hall–Kier alpha value is -3.71. The molecule has 13 heteroatoms. The number of benzene rings is 1. The average molecular weight is 518 g/mol. The summed E-state index contributed by atoms with van der Waals surface area (Å²) < 4.78 is 55.2. The Bertz CT molecular complexity index is 1480. The van der Waals surface area contributed by atoms with Crippen LogP contribution in [0.25, 0.3) is 0 Å². The molecule has 11 nitrogen and oxygen atoms in total. The van der Waals surface area contributed by atoms with Gasteiger partial charge < -0.3 is 23.9 Å². The lowest BCUT2D eigenvalue weighted by Crippen LogP contribution is -2.43. The first-order valence-electron chi connectivity index (χ1n) is 11.2. The third kappa shape index (κ3) is 4.24. The van der Waals surface area contributed by atoms with Crippen molar-refractivity contribution >= 4 is 27.5 Å². The van der Waals surface area contributed by atoms with Gasteiger partial charge in [-0.2, -0.15) is 0 Å². The van der Waals surface area contributed by atoms with Gasteiger partial charge in [0.15, 0.2) is 23.0 Å². The number of ether oxygens (including phenoxy) is 1. The van der Waals surface area contributed by atoms with E-state index < -0.39 is 27.8 Å². The first-order chi connectivity index (χ1) is 17.0. The van der Waals surface area contributed by atoms with Gasteiger partial charge in [-0.05, 0) is 30.7 Å². The second-order valence-electron chi connectivity index (χ2n) is 8.96. The van der Waals surface area contributed by atoms with Gasteiger partial charge in [-0.3, -0.25) is 9.59 Å². The second-order valence-corrected chi connectivity index (χ2v) is 10.6. The highest BCUT2D eigenvalue weighted by Crippen LogP contribution is 2.35. The molecule has 2 aliphatic rings. The fourth-order valence-electron chi connectivity index (χ4n) is 4.50. The molecular weight excluding hydrogens is 493 g/mol. The highest BCUT2D eigenvalue weighted by Gasteiger charge is 2.42. The zero-order valence-electron chi connectivity index (χ0n) is 19.7. The zero-order valence-corrected chi connectivity index (χ0v) is 20.6. The molecule has 5 rings (SSSR count). The van der Waals surface area contributed by atoms with Crippen LogP contribution in [-0.2, 0) is 17.1 Å². The standard InChI is InChI=1S/C23H24FN5O6S/c1-12-6-15(4-5-16(12)24)26-22(30)20-21-19(9-28(20)3)36(32,33)27-17-8-29(7-14(17)10-35-21)23(31)18-11-34-13(2)25-18/h4-6,9,11,14,17,27H,7-8,10H2,1-3H3,(H,26,30). The molecule has 2 N–H and O–H groups in total. The van der Waals surface area contributed by atoms with Crippen LogP contribution < -0.4 is 14.8 Å². The Balaban J connectivity index is 1.41. The molecule has 0 bridgehead atoms. The number of rotatable bonds is 3. The van der Waals surface area contributed by atoms with Crippen molar-refractivity contribution in [2.75, 3.05) is 25.0 Å². The summed E-state index contributed by atoms with van der Waals surface area (Å²) in [6.45, 7) is 3.63. The monoisotopic (exact) mass is 517 g/mol. The normalized spacial score (nSPS) is 20.6. The molecule has 0 spiro atoms. The quantitative estimate of drug-likeness (QED) is 0.541. The average Bonchev–Trinajstić information content (AvgIpc) is 3.50. The highest BCUT2D eigenvalue weighted by atomic mass is 32.2. The minimum Gasteiger partial charge on any atom is -0.489 e. The van der Waals surface area contributed by atoms with Gasteiger partial charge in [0.25, 0.3) is 11.8 Å². The van der Waals surface area contributed by atoms with E-state index in [1.807, 2.05) is 0 Å². The minimum absolute atomic E-state index is 0.000181. The fourth-order valence-corrected chi connectivity index (χ4v) is 5.99. The number of aromatic nitrogens is 2. The highest BCUT2D eigenvalue weighted by molar-refractivity contribution is 7.89. The molecule has 1 aromatic carbocycles. The Morgan fingerprint density at radius 3 is 2.72 bits per heavy atom. The van der Waals surface area contributed by atoms with E-state index in [2.05, 4.69) is 15.0 Å². The van der Waals surface area contributed by atoms with Gasteiger partial charge >= 0.3 is 0 Å². The molecule has 4 heterocycles. The molecule has 190 valence electrons. The summed E-state index contributed by atoms with van der Waals surface area (Å²) in [6, 6.07) is 3.54. The van der Waals surface area contributed by atoms with E-state index in [1.165, 1.54) is 47.2 Å². The van der Waals surface area contributed by atoms with E-state index in [0.29, 0.717) is 17.1 Å². The molecule has 1 fully saturated rings. The number of nitrogens with one attached hydrogen (secondary N) is 2. The molecule has 1 saturated heterocycles. The van der Waals surface area contributed by atoms with E-state index in [-0.39, 0.29) is 53.6 Å². The summed E-state index contributed by atoms with van der Waals surface area (Å²) in [5.74, 6) is -1.48.